The zero-order chi connectivity index (χ0) is 12.6. The minimum atomic E-state index is -0.444. The highest BCUT2D eigenvalue weighted by Crippen LogP contribution is 2.24. The molecule has 0 aliphatic rings. The van der Waals surface area contributed by atoms with Crippen molar-refractivity contribution in [2.24, 2.45) is 0 Å². The highest BCUT2D eigenvalue weighted by atomic mass is 19.1. The van der Waals surface area contributed by atoms with E-state index in [4.69, 9.17) is 4.74 Å². The van der Waals surface area contributed by atoms with Crippen molar-refractivity contribution in [3.63, 3.8) is 0 Å². The largest absolute Gasteiger partial charge is 0.496 e. The van der Waals surface area contributed by atoms with Crippen molar-refractivity contribution < 1.29 is 9.13 Å². The van der Waals surface area contributed by atoms with Gasteiger partial charge in [-0.25, -0.2) is 4.39 Å². The van der Waals surface area contributed by atoms with E-state index in [2.05, 4.69) is 4.98 Å². The van der Waals surface area contributed by atoms with Crippen LogP contribution in [0.3, 0.4) is 0 Å². The molecule has 0 saturated heterocycles. The summed E-state index contributed by atoms with van der Waals surface area (Å²) in [4.78, 5) is 14.9. The van der Waals surface area contributed by atoms with Gasteiger partial charge in [0.1, 0.15) is 11.6 Å². The van der Waals surface area contributed by atoms with E-state index in [1.165, 1.54) is 25.3 Å². The number of aromatic amines is 1. The van der Waals surface area contributed by atoms with Gasteiger partial charge in [0.25, 0.3) is 0 Å². The van der Waals surface area contributed by atoms with E-state index in [-0.39, 0.29) is 22.2 Å². The van der Waals surface area contributed by atoms with Gasteiger partial charge in [-0.1, -0.05) is 13.8 Å². The van der Waals surface area contributed by atoms with E-state index in [1.807, 2.05) is 13.8 Å². The summed E-state index contributed by atoms with van der Waals surface area (Å²) < 4.78 is 18.8. The molecular formula is C13H14FNO2. The number of pyridine rings is 1. The van der Waals surface area contributed by atoms with E-state index >= 15 is 0 Å². The second-order valence-corrected chi connectivity index (χ2v) is 4.24. The molecule has 0 radical (unpaired) electrons. The second kappa shape index (κ2) is 4.20. The SMILES string of the molecule is COc1ccc(F)c2[nH]c(C(C)C)cc(=O)c12. The summed E-state index contributed by atoms with van der Waals surface area (Å²) in [6, 6.07) is 4.25. The Morgan fingerprint density at radius 2 is 2.06 bits per heavy atom. The quantitative estimate of drug-likeness (QED) is 0.869. The minimum Gasteiger partial charge on any atom is -0.496 e. The highest BCUT2D eigenvalue weighted by Gasteiger charge is 2.12. The Morgan fingerprint density at radius 1 is 1.35 bits per heavy atom. The molecule has 0 fully saturated rings. The summed E-state index contributed by atoms with van der Waals surface area (Å²) >= 11 is 0. The Labute approximate surface area is 98.2 Å². The normalized spacial score (nSPS) is 11.1. The Morgan fingerprint density at radius 3 is 2.65 bits per heavy atom. The number of aromatic nitrogens is 1. The summed E-state index contributed by atoms with van der Waals surface area (Å²) in [7, 11) is 1.46. The lowest BCUT2D eigenvalue weighted by atomic mass is 10.1. The summed E-state index contributed by atoms with van der Waals surface area (Å²) in [6.07, 6.45) is 0. The number of rotatable bonds is 2. The predicted molar refractivity (Wildman–Crippen MR) is 65.2 cm³/mol. The van der Waals surface area contributed by atoms with Gasteiger partial charge >= 0.3 is 0 Å². The summed E-state index contributed by atoms with van der Waals surface area (Å²) in [5.41, 5.74) is 0.703. The molecule has 2 aromatic rings. The van der Waals surface area contributed by atoms with Crippen LogP contribution in [-0.4, -0.2) is 12.1 Å². The fourth-order valence-electron chi connectivity index (χ4n) is 1.80. The van der Waals surface area contributed by atoms with E-state index in [9.17, 15) is 9.18 Å². The second-order valence-electron chi connectivity index (χ2n) is 4.24. The smallest absolute Gasteiger partial charge is 0.193 e. The molecule has 1 aromatic heterocycles. The van der Waals surface area contributed by atoms with Gasteiger partial charge in [-0.05, 0) is 18.1 Å². The van der Waals surface area contributed by atoms with Crippen LogP contribution in [0.2, 0.25) is 0 Å². The molecule has 90 valence electrons. The Bertz CT molecular complexity index is 617. The van der Waals surface area contributed by atoms with Crippen molar-refractivity contribution in [1.82, 2.24) is 4.98 Å². The van der Waals surface area contributed by atoms with Crippen LogP contribution < -0.4 is 10.2 Å². The van der Waals surface area contributed by atoms with Crippen LogP contribution in [0.5, 0.6) is 5.75 Å². The number of ether oxygens (including phenoxy) is 1. The number of benzene rings is 1. The van der Waals surface area contributed by atoms with Crippen molar-refractivity contribution >= 4 is 10.9 Å². The van der Waals surface area contributed by atoms with Gasteiger partial charge in [-0.15, -0.1) is 0 Å². The molecule has 1 heterocycles. The molecule has 3 nitrogen and oxygen atoms in total. The maximum atomic E-state index is 13.7. The fourth-order valence-corrected chi connectivity index (χ4v) is 1.80. The molecule has 0 aliphatic heterocycles. The standard InChI is InChI=1S/C13H14FNO2/c1-7(2)9-6-10(16)12-11(17-3)5-4-8(14)13(12)15-9/h4-7H,1-3H3,(H,15,16). The zero-order valence-electron chi connectivity index (χ0n) is 10.0. The average Bonchev–Trinajstić information content (AvgIpc) is 2.30. The molecule has 1 aromatic carbocycles. The minimum absolute atomic E-state index is 0.137. The van der Waals surface area contributed by atoms with Crippen LogP contribution in [0.4, 0.5) is 4.39 Å². The van der Waals surface area contributed by atoms with Crippen molar-refractivity contribution in [2.45, 2.75) is 19.8 Å². The number of fused-ring (bicyclic) bond motifs is 1. The molecule has 0 aliphatic carbocycles. The maximum absolute atomic E-state index is 13.7. The topological polar surface area (TPSA) is 42.1 Å². The van der Waals surface area contributed by atoms with Gasteiger partial charge in [0.15, 0.2) is 5.43 Å². The van der Waals surface area contributed by atoms with Gasteiger partial charge in [-0.3, -0.25) is 4.79 Å². The Kier molecular flexibility index (Phi) is 2.88. The van der Waals surface area contributed by atoms with Crippen molar-refractivity contribution in [1.29, 1.82) is 0 Å². The lowest BCUT2D eigenvalue weighted by molar-refractivity contribution is 0.418. The first-order valence-corrected chi connectivity index (χ1v) is 5.44. The van der Waals surface area contributed by atoms with Gasteiger partial charge in [0.05, 0.1) is 18.0 Å². The van der Waals surface area contributed by atoms with E-state index in [0.717, 1.165) is 5.69 Å². The van der Waals surface area contributed by atoms with E-state index in [0.29, 0.717) is 5.75 Å². The summed E-state index contributed by atoms with van der Waals surface area (Å²) in [5.74, 6) is 0.0797. The lowest BCUT2D eigenvalue weighted by Gasteiger charge is -2.10. The predicted octanol–water partition coefficient (Wildman–Crippen LogP) is 2.80. The van der Waals surface area contributed by atoms with Crippen LogP contribution in [0.25, 0.3) is 10.9 Å². The molecule has 2 rings (SSSR count). The van der Waals surface area contributed by atoms with Crippen molar-refractivity contribution in [3.05, 3.63) is 39.9 Å². The van der Waals surface area contributed by atoms with E-state index < -0.39 is 5.82 Å². The van der Waals surface area contributed by atoms with Crippen molar-refractivity contribution in [3.8, 4) is 5.75 Å². The number of nitrogens with one attached hydrogen (secondary N) is 1. The van der Waals surface area contributed by atoms with Crippen LogP contribution in [0.1, 0.15) is 25.5 Å². The molecule has 0 atom stereocenters. The molecule has 0 bridgehead atoms. The molecular weight excluding hydrogens is 221 g/mol. The summed E-state index contributed by atoms with van der Waals surface area (Å²) in [6.45, 7) is 3.88. The molecule has 17 heavy (non-hydrogen) atoms. The lowest BCUT2D eigenvalue weighted by Crippen LogP contribution is -2.08. The van der Waals surface area contributed by atoms with Gasteiger partial charge in [-0.2, -0.15) is 0 Å². The Hall–Kier alpha value is -1.84. The first-order chi connectivity index (χ1) is 8.04. The molecule has 0 saturated carbocycles. The van der Waals surface area contributed by atoms with E-state index in [1.54, 1.807) is 0 Å². The van der Waals surface area contributed by atoms with Crippen molar-refractivity contribution in [2.75, 3.05) is 7.11 Å². The first kappa shape index (κ1) is 11.6. The monoisotopic (exact) mass is 235 g/mol. The van der Waals surface area contributed by atoms with Gasteiger partial charge in [0.2, 0.25) is 0 Å². The number of halogens is 1. The third kappa shape index (κ3) is 1.90. The van der Waals surface area contributed by atoms with Gasteiger partial charge in [0, 0.05) is 11.8 Å². The fraction of sp³-hybridized carbons (Fsp3) is 0.308. The van der Waals surface area contributed by atoms with Crippen LogP contribution in [0.15, 0.2) is 23.0 Å². The van der Waals surface area contributed by atoms with Crippen LogP contribution >= 0.6 is 0 Å². The molecule has 0 amide bonds. The van der Waals surface area contributed by atoms with Gasteiger partial charge < -0.3 is 9.72 Å². The molecule has 4 heteroatoms. The maximum Gasteiger partial charge on any atom is 0.193 e. The molecule has 0 spiro atoms. The highest BCUT2D eigenvalue weighted by molar-refractivity contribution is 5.85. The zero-order valence-corrected chi connectivity index (χ0v) is 10.0. The summed E-state index contributed by atoms with van der Waals surface area (Å²) in [5, 5.41) is 0.261. The Balaban J connectivity index is 2.89. The number of hydrogen-bond donors (Lipinski definition) is 1. The molecule has 1 N–H and O–H groups in total. The first-order valence-electron chi connectivity index (χ1n) is 5.44. The molecule has 0 unspecified atom stereocenters. The number of methoxy groups -OCH3 is 1. The number of hydrogen-bond acceptors (Lipinski definition) is 2. The van der Waals surface area contributed by atoms with Crippen LogP contribution in [0, 0.1) is 5.82 Å². The average molecular weight is 235 g/mol. The number of H-pyrrole nitrogens is 1. The van der Waals surface area contributed by atoms with Crippen LogP contribution in [-0.2, 0) is 0 Å². The third-order valence-corrected chi connectivity index (χ3v) is 2.76. The third-order valence-electron chi connectivity index (χ3n) is 2.76.